The number of hydrogen-bond donors (Lipinski definition) is 1. The third kappa shape index (κ3) is 4.65. The number of nitrogens with zero attached hydrogens (tertiary/aromatic N) is 3. The molecule has 3 aromatic rings. The number of aryl methyl sites for hydroxylation is 1. The first kappa shape index (κ1) is 21.4. The van der Waals surface area contributed by atoms with Crippen LogP contribution in [0.3, 0.4) is 0 Å². The van der Waals surface area contributed by atoms with E-state index in [0.717, 1.165) is 0 Å². The molecule has 2 heterocycles. The minimum Gasteiger partial charge on any atom is -0.493 e. The van der Waals surface area contributed by atoms with Crippen LogP contribution in [0.5, 0.6) is 11.5 Å². The van der Waals surface area contributed by atoms with Gasteiger partial charge in [-0.3, -0.25) is 4.79 Å². The van der Waals surface area contributed by atoms with Crippen molar-refractivity contribution in [2.45, 2.75) is 6.43 Å². The summed E-state index contributed by atoms with van der Waals surface area (Å²) in [6.45, 7) is 0.0777. The number of halogens is 2. The molecule has 1 N–H and O–H groups in total. The van der Waals surface area contributed by atoms with Gasteiger partial charge in [0.1, 0.15) is 17.8 Å². The van der Waals surface area contributed by atoms with Crippen LogP contribution >= 0.6 is 0 Å². The zero-order valence-electron chi connectivity index (χ0n) is 16.8. The molecule has 30 heavy (non-hydrogen) atoms. The van der Waals surface area contributed by atoms with E-state index in [2.05, 4.69) is 15.3 Å². The second kappa shape index (κ2) is 9.49. The molecule has 0 fully saturated rings. The van der Waals surface area contributed by atoms with Crippen molar-refractivity contribution in [1.82, 2.24) is 14.5 Å². The van der Waals surface area contributed by atoms with E-state index in [-0.39, 0.29) is 16.8 Å². The molecule has 0 unspecified atom stereocenters. The molecule has 0 aliphatic rings. The minimum absolute atomic E-state index is 0.0502. The van der Waals surface area contributed by atoms with Gasteiger partial charge in [0, 0.05) is 19.7 Å². The van der Waals surface area contributed by atoms with Crippen LogP contribution in [0.1, 0.15) is 0 Å². The first-order valence-electron chi connectivity index (χ1n) is 9.13. The molecule has 160 valence electrons. The number of methoxy groups -OCH3 is 2. The zero-order valence-corrected chi connectivity index (χ0v) is 16.8. The summed E-state index contributed by atoms with van der Waals surface area (Å²) < 4.78 is 42.8. The number of anilines is 1. The predicted molar refractivity (Wildman–Crippen MR) is 109 cm³/mol. The maximum absolute atomic E-state index is 12.8. The Hall–Kier alpha value is -3.27. The van der Waals surface area contributed by atoms with Crippen molar-refractivity contribution >= 4 is 16.7 Å². The smallest absolute Gasteiger partial charge is 0.264 e. The Morgan fingerprint density at radius 2 is 1.97 bits per heavy atom. The van der Waals surface area contributed by atoms with Crippen molar-refractivity contribution in [3.63, 3.8) is 0 Å². The third-order valence-corrected chi connectivity index (χ3v) is 4.33. The van der Waals surface area contributed by atoms with Crippen LogP contribution in [0.2, 0.25) is 0 Å². The summed E-state index contributed by atoms with van der Waals surface area (Å²) in [6.07, 6.45) is -1.23. The van der Waals surface area contributed by atoms with E-state index < -0.39 is 13.0 Å². The van der Waals surface area contributed by atoms with Gasteiger partial charge in [0.15, 0.2) is 11.5 Å². The number of rotatable bonds is 9. The van der Waals surface area contributed by atoms with Crippen LogP contribution in [0.15, 0.2) is 35.4 Å². The molecule has 0 spiro atoms. The van der Waals surface area contributed by atoms with Crippen LogP contribution < -0.4 is 20.3 Å². The summed E-state index contributed by atoms with van der Waals surface area (Å²) >= 11 is 0. The highest BCUT2D eigenvalue weighted by Crippen LogP contribution is 2.33. The van der Waals surface area contributed by atoms with Gasteiger partial charge in [0.05, 0.1) is 37.8 Å². The molecule has 0 aliphatic heterocycles. The fourth-order valence-electron chi connectivity index (χ4n) is 2.86. The number of hydrogen-bond acceptors (Lipinski definition) is 7. The van der Waals surface area contributed by atoms with E-state index in [1.54, 1.807) is 31.4 Å². The third-order valence-electron chi connectivity index (χ3n) is 4.33. The van der Waals surface area contributed by atoms with Crippen LogP contribution in [-0.4, -0.2) is 54.9 Å². The Bertz CT molecular complexity index is 1090. The van der Waals surface area contributed by atoms with Crippen molar-refractivity contribution in [1.29, 1.82) is 0 Å². The van der Waals surface area contributed by atoms with Crippen LogP contribution in [0.25, 0.3) is 22.2 Å². The second-order valence-electron chi connectivity index (χ2n) is 6.39. The van der Waals surface area contributed by atoms with Gasteiger partial charge in [-0.1, -0.05) is 0 Å². The number of alkyl halides is 2. The standard InChI is InChI=1S/C20H22F2N4O4/c1-26-11-24-14-9-13(25-19(18(14)20(26)27)23-10-17(21)22)12-4-5-15(29-3)16(8-12)30-7-6-28-2/h4-5,8-9,11,17H,6-7,10H2,1-3H3,(H,23,25). The molecule has 2 aromatic heterocycles. The van der Waals surface area contributed by atoms with Gasteiger partial charge >= 0.3 is 0 Å². The summed E-state index contributed by atoms with van der Waals surface area (Å²) in [5.41, 5.74) is 1.05. The summed E-state index contributed by atoms with van der Waals surface area (Å²) in [4.78, 5) is 21.2. The molecule has 10 heteroatoms. The molecule has 0 aliphatic carbocycles. The maximum Gasteiger partial charge on any atom is 0.264 e. The molecule has 3 rings (SSSR count). The molecule has 0 amide bonds. The van der Waals surface area contributed by atoms with Gasteiger partial charge in [0.25, 0.3) is 12.0 Å². The van der Waals surface area contributed by atoms with Gasteiger partial charge in [-0.25, -0.2) is 18.7 Å². The Morgan fingerprint density at radius 3 is 2.67 bits per heavy atom. The van der Waals surface area contributed by atoms with E-state index in [0.29, 0.717) is 41.5 Å². The summed E-state index contributed by atoms with van der Waals surface area (Å²) in [6, 6.07) is 6.83. The SMILES string of the molecule is COCCOc1cc(-c2cc3ncn(C)c(=O)c3c(NCC(F)F)n2)ccc1OC. The number of pyridine rings is 1. The normalized spacial score (nSPS) is 11.1. The number of ether oxygens (including phenoxy) is 3. The first-order chi connectivity index (χ1) is 14.4. The Morgan fingerprint density at radius 1 is 1.17 bits per heavy atom. The van der Waals surface area contributed by atoms with Crippen molar-refractivity contribution in [3.05, 3.63) is 40.9 Å². The number of fused-ring (bicyclic) bond motifs is 1. The quantitative estimate of drug-likeness (QED) is 0.533. The molecule has 0 radical (unpaired) electrons. The Labute approximate surface area is 171 Å². The first-order valence-corrected chi connectivity index (χ1v) is 9.13. The minimum atomic E-state index is -2.60. The maximum atomic E-state index is 12.8. The van der Waals surface area contributed by atoms with Gasteiger partial charge in [-0.2, -0.15) is 0 Å². The Kier molecular flexibility index (Phi) is 6.78. The lowest BCUT2D eigenvalue weighted by Crippen LogP contribution is -2.20. The van der Waals surface area contributed by atoms with Gasteiger partial charge in [-0.15, -0.1) is 0 Å². The molecular weight excluding hydrogens is 398 g/mol. The predicted octanol–water partition coefficient (Wildman–Crippen LogP) is 2.71. The topological polar surface area (TPSA) is 87.5 Å². The fraction of sp³-hybridized carbons (Fsp3) is 0.350. The Balaban J connectivity index is 2.10. The summed E-state index contributed by atoms with van der Waals surface area (Å²) in [7, 11) is 4.63. The number of benzene rings is 1. The van der Waals surface area contributed by atoms with E-state index in [1.807, 2.05) is 0 Å². The number of aromatic nitrogens is 3. The van der Waals surface area contributed by atoms with Crippen molar-refractivity contribution < 1.29 is 23.0 Å². The highest BCUT2D eigenvalue weighted by molar-refractivity contribution is 5.91. The molecule has 0 atom stereocenters. The lowest BCUT2D eigenvalue weighted by Gasteiger charge is -2.14. The fourth-order valence-corrected chi connectivity index (χ4v) is 2.86. The largest absolute Gasteiger partial charge is 0.493 e. The van der Waals surface area contributed by atoms with Gasteiger partial charge in [0.2, 0.25) is 0 Å². The van der Waals surface area contributed by atoms with Crippen molar-refractivity contribution in [2.75, 3.05) is 39.3 Å². The average Bonchev–Trinajstić information content (AvgIpc) is 2.74. The van der Waals surface area contributed by atoms with Crippen LogP contribution in [0, 0.1) is 0 Å². The lowest BCUT2D eigenvalue weighted by atomic mass is 10.1. The van der Waals surface area contributed by atoms with Crippen molar-refractivity contribution in [2.24, 2.45) is 7.05 Å². The van der Waals surface area contributed by atoms with Crippen LogP contribution in [-0.2, 0) is 11.8 Å². The van der Waals surface area contributed by atoms with Gasteiger partial charge < -0.3 is 24.1 Å². The highest BCUT2D eigenvalue weighted by atomic mass is 19.3. The molecule has 0 saturated carbocycles. The molecule has 0 bridgehead atoms. The van der Waals surface area contributed by atoms with Crippen LogP contribution in [0.4, 0.5) is 14.6 Å². The van der Waals surface area contributed by atoms with E-state index in [4.69, 9.17) is 14.2 Å². The molecule has 0 saturated heterocycles. The second-order valence-corrected chi connectivity index (χ2v) is 6.39. The summed E-state index contributed by atoms with van der Waals surface area (Å²) in [5, 5.41) is 2.71. The van der Waals surface area contributed by atoms with Crippen molar-refractivity contribution in [3.8, 4) is 22.8 Å². The number of nitrogens with one attached hydrogen (secondary N) is 1. The van der Waals surface area contributed by atoms with E-state index >= 15 is 0 Å². The molecule has 8 nitrogen and oxygen atoms in total. The summed E-state index contributed by atoms with van der Waals surface area (Å²) in [5.74, 6) is 1.06. The molecule has 1 aromatic carbocycles. The van der Waals surface area contributed by atoms with E-state index in [9.17, 15) is 13.6 Å². The van der Waals surface area contributed by atoms with E-state index in [1.165, 1.54) is 25.1 Å². The van der Waals surface area contributed by atoms with Gasteiger partial charge in [-0.05, 0) is 24.3 Å². The average molecular weight is 420 g/mol. The lowest BCUT2D eigenvalue weighted by molar-refractivity contribution is 0.144. The zero-order chi connectivity index (χ0) is 21.7. The molecular formula is C20H22F2N4O4. The highest BCUT2D eigenvalue weighted by Gasteiger charge is 2.16. The monoisotopic (exact) mass is 420 g/mol.